The van der Waals surface area contributed by atoms with E-state index in [-0.39, 0.29) is 25.2 Å². The lowest BCUT2D eigenvalue weighted by atomic mass is 10.0. The van der Waals surface area contributed by atoms with Crippen molar-refractivity contribution in [1.29, 1.82) is 0 Å². The molecule has 0 unspecified atom stereocenters. The van der Waals surface area contributed by atoms with Gasteiger partial charge in [-0.2, -0.15) is 0 Å². The van der Waals surface area contributed by atoms with E-state index in [1.54, 1.807) is 19.2 Å². The van der Waals surface area contributed by atoms with Gasteiger partial charge < -0.3 is 29.7 Å². The third-order valence-electron chi connectivity index (χ3n) is 6.20. The van der Waals surface area contributed by atoms with Crippen molar-refractivity contribution in [2.45, 2.75) is 12.5 Å². The van der Waals surface area contributed by atoms with Crippen LogP contribution in [0.25, 0.3) is 0 Å². The summed E-state index contributed by atoms with van der Waals surface area (Å²) < 4.78 is 29.2. The van der Waals surface area contributed by atoms with Gasteiger partial charge in [0, 0.05) is 58.7 Å². The van der Waals surface area contributed by atoms with Crippen molar-refractivity contribution in [2.75, 3.05) is 64.7 Å². The molecular formula is C25H31FN4O5. The Morgan fingerprint density at radius 3 is 2.46 bits per heavy atom. The van der Waals surface area contributed by atoms with E-state index in [0.29, 0.717) is 31.1 Å². The summed E-state index contributed by atoms with van der Waals surface area (Å²) in [6, 6.07) is 12.1. The number of benzene rings is 2. The quantitative estimate of drug-likeness (QED) is 0.412. The Labute approximate surface area is 204 Å². The van der Waals surface area contributed by atoms with Crippen molar-refractivity contribution in [2.24, 2.45) is 0 Å². The predicted octanol–water partition coefficient (Wildman–Crippen LogP) is 1.69. The molecule has 0 aromatic heterocycles. The first-order valence-electron chi connectivity index (χ1n) is 11.7. The third kappa shape index (κ3) is 6.40. The molecule has 0 bridgehead atoms. The smallest absolute Gasteiger partial charge is 0.309 e. The molecule has 4 rings (SSSR count). The van der Waals surface area contributed by atoms with Crippen LogP contribution in [0.4, 0.5) is 10.1 Å². The molecule has 35 heavy (non-hydrogen) atoms. The molecule has 0 saturated carbocycles. The van der Waals surface area contributed by atoms with Crippen LogP contribution < -0.4 is 25.0 Å². The molecule has 1 fully saturated rings. The maximum atomic E-state index is 13.3. The van der Waals surface area contributed by atoms with Crippen LogP contribution in [-0.2, 0) is 14.3 Å². The van der Waals surface area contributed by atoms with Crippen LogP contribution in [0.15, 0.2) is 42.5 Å². The number of carbonyl (C=O) groups is 2. The fourth-order valence-electron chi connectivity index (χ4n) is 4.29. The fraction of sp³-hybridized carbons (Fsp3) is 0.440. The number of methoxy groups -OCH3 is 1. The van der Waals surface area contributed by atoms with Gasteiger partial charge in [-0.25, -0.2) is 4.39 Å². The maximum Gasteiger partial charge on any atom is 0.309 e. The number of nitrogens with one attached hydrogen (secondary N) is 2. The second-order valence-electron chi connectivity index (χ2n) is 8.44. The minimum absolute atomic E-state index is 0.162. The number of hydrogen-bond acceptors (Lipinski definition) is 7. The Bertz CT molecular complexity index is 1010. The number of ether oxygens (including phenoxy) is 3. The number of rotatable bonds is 9. The van der Waals surface area contributed by atoms with E-state index in [0.717, 1.165) is 37.4 Å². The van der Waals surface area contributed by atoms with Gasteiger partial charge >= 0.3 is 11.8 Å². The zero-order chi connectivity index (χ0) is 24.6. The van der Waals surface area contributed by atoms with Gasteiger partial charge in [0.25, 0.3) is 0 Å². The molecule has 0 radical (unpaired) electrons. The third-order valence-corrected chi connectivity index (χ3v) is 6.20. The van der Waals surface area contributed by atoms with E-state index in [1.807, 2.05) is 18.2 Å². The molecule has 0 spiro atoms. The van der Waals surface area contributed by atoms with Crippen LogP contribution in [0.1, 0.15) is 18.0 Å². The summed E-state index contributed by atoms with van der Waals surface area (Å²) in [5, 5.41) is 5.39. The summed E-state index contributed by atoms with van der Waals surface area (Å²) in [7, 11) is 1.59. The number of anilines is 1. The van der Waals surface area contributed by atoms with Gasteiger partial charge in [0.15, 0.2) is 11.5 Å². The summed E-state index contributed by atoms with van der Waals surface area (Å²) in [5.41, 5.74) is 1.94. The minimum Gasteiger partial charge on any atom is -0.454 e. The highest BCUT2D eigenvalue weighted by Crippen LogP contribution is 2.35. The average Bonchev–Trinajstić information content (AvgIpc) is 3.35. The molecule has 2 aromatic carbocycles. The molecule has 2 aliphatic rings. The number of amides is 2. The van der Waals surface area contributed by atoms with Crippen molar-refractivity contribution >= 4 is 17.5 Å². The molecule has 2 amide bonds. The summed E-state index contributed by atoms with van der Waals surface area (Å²) in [6.45, 7) is 4.29. The average molecular weight is 487 g/mol. The summed E-state index contributed by atoms with van der Waals surface area (Å²) >= 11 is 0. The summed E-state index contributed by atoms with van der Waals surface area (Å²) in [4.78, 5) is 29.1. The van der Waals surface area contributed by atoms with Gasteiger partial charge in [-0.3, -0.25) is 14.5 Å². The van der Waals surface area contributed by atoms with Crippen LogP contribution >= 0.6 is 0 Å². The highest BCUT2D eigenvalue weighted by Gasteiger charge is 2.28. The maximum absolute atomic E-state index is 13.3. The van der Waals surface area contributed by atoms with Gasteiger partial charge in [-0.05, 0) is 48.4 Å². The first-order valence-corrected chi connectivity index (χ1v) is 11.7. The van der Waals surface area contributed by atoms with Crippen LogP contribution in [-0.4, -0.2) is 76.5 Å². The predicted molar refractivity (Wildman–Crippen MR) is 128 cm³/mol. The molecule has 2 N–H and O–H groups in total. The van der Waals surface area contributed by atoms with Crippen molar-refractivity contribution in [3.63, 3.8) is 0 Å². The van der Waals surface area contributed by atoms with Gasteiger partial charge in [0.1, 0.15) is 5.82 Å². The Morgan fingerprint density at radius 2 is 1.71 bits per heavy atom. The minimum atomic E-state index is -0.668. The van der Waals surface area contributed by atoms with E-state index < -0.39 is 11.8 Å². The van der Waals surface area contributed by atoms with Crippen LogP contribution in [0.5, 0.6) is 11.5 Å². The first kappa shape index (κ1) is 24.7. The summed E-state index contributed by atoms with van der Waals surface area (Å²) in [5.74, 6) is -0.230. The zero-order valence-corrected chi connectivity index (χ0v) is 19.8. The van der Waals surface area contributed by atoms with Crippen LogP contribution in [0, 0.1) is 5.82 Å². The van der Waals surface area contributed by atoms with Crippen LogP contribution in [0.2, 0.25) is 0 Å². The molecule has 1 atom stereocenters. The van der Waals surface area contributed by atoms with Gasteiger partial charge in [0.2, 0.25) is 6.79 Å². The van der Waals surface area contributed by atoms with E-state index in [1.165, 1.54) is 12.1 Å². The van der Waals surface area contributed by atoms with Crippen molar-refractivity contribution < 1.29 is 28.2 Å². The number of hydrogen-bond donors (Lipinski definition) is 2. The molecule has 2 aromatic rings. The van der Waals surface area contributed by atoms with E-state index in [9.17, 15) is 14.0 Å². The van der Waals surface area contributed by atoms with Crippen molar-refractivity contribution in [3.05, 3.63) is 53.8 Å². The number of fused-ring (bicyclic) bond motifs is 1. The second-order valence-corrected chi connectivity index (χ2v) is 8.44. The molecule has 9 nitrogen and oxygen atoms in total. The monoisotopic (exact) mass is 486 g/mol. The highest BCUT2D eigenvalue weighted by atomic mass is 19.1. The fourth-order valence-corrected chi connectivity index (χ4v) is 4.29. The lowest BCUT2D eigenvalue weighted by molar-refractivity contribution is -0.139. The number of piperazine rings is 1. The molecule has 188 valence electrons. The number of nitrogens with zero attached hydrogens (tertiary/aromatic N) is 2. The van der Waals surface area contributed by atoms with E-state index in [2.05, 4.69) is 20.4 Å². The molecule has 2 aliphatic heterocycles. The number of carbonyl (C=O) groups excluding carboxylic acids is 2. The van der Waals surface area contributed by atoms with Crippen LogP contribution in [0.3, 0.4) is 0 Å². The van der Waals surface area contributed by atoms with E-state index >= 15 is 0 Å². The molecule has 0 aliphatic carbocycles. The second kappa shape index (κ2) is 11.9. The van der Waals surface area contributed by atoms with Crippen molar-refractivity contribution in [1.82, 2.24) is 15.5 Å². The van der Waals surface area contributed by atoms with Gasteiger partial charge in [-0.15, -0.1) is 0 Å². The lowest BCUT2D eigenvalue weighted by Crippen LogP contribution is -2.51. The Hall–Kier alpha value is -3.37. The van der Waals surface area contributed by atoms with Gasteiger partial charge in [-0.1, -0.05) is 6.07 Å². The topological polar surface area (TPSA) is 92.4 Å². The van der Waals surface area contributed by atoms with Crippen molar-refractivity contribution in [3.8, 4) is 11.5 Å². The highest BCUT2D eigenvalue weighted by molar-refractivity contribution is 6.35. The SMILES string of the molecule is COCCCNC(=O)C(=O)NC[C@@H](c1ccc2c(c1)OCO2)N1CCN(c2ccc(F)cc2)CC1. The Kier molecular flexibility index (Phi) is 8.38. The molecule has 10 heteroatoms. The molecule has 1 saturated heterocycles. The van der Waals surface area contributed by atoms with E-state index in [4.69, 9.17) is 14.2 Å². The Morgan fingerprint density at radius 1 is 1.00 bits per heavy atom. The first-order chi connectivity index (χ1) is 17.0. The lowest BCUT2D eigenvalue weighted by Gasteiger charge is -2.40. The Balaban J connectivity index is 1.41. The zero-order valence-electron chi connectivity index (χ0n) is 19.8. The normalized spacial score (nSPS) is 16.1. The molecule has 2 heterocycles. The largest absolute Gasteiger partial charge is 0.454 e. The standard InChI is InChI=1S/C25H31FN4O5/c1-33-14-2-9-27-24(31)25(32)28-16-21(18-3-8-22-23(15-18)35-17-34-22)30-12-10-29(11-13-30)20-6-4-19(26)5-7-20/h3-8,15,21H,2,9-14,16-17H2,1H3,(H,27,31)(H,28,32)/t21-/m0/s1. The number of halogens is 1. The summed E-state index contributed by atoms with van der Waals surface area (Å²) in [6.07, 6.45) is 0.633. The molecular weight excluding hydrogens is 455 g/mol. The van der Waals surface area contributed by atoms with Gasteiger partial charge in [0.05, 0.1) is 6.04 Å².